The van der Waals surface area contributed by atoms with Crippen LogP contribution in [0, 0.1) is 6.92 Å². The molecule has 3 rings (SSSR count). The lowest BCUT2D eigenvalue weighted by Crippen LogP contribution is -2.57. The van der Waals surface area contributed by atoms with Crippen LogP contribution in [0.4, 0.5) is 0 Å². The first-order valence-corrected chi connectivity index (χ1v) is 8.99. The molecule has 0 radical (unpaired) electrons. The summed E-state index contributed by atoms with van der Waals surface area (Å²) in [7, 11) is 1.63. The first-order valence-electron chi connectivity index (χ1n) is 8.99. The molecule has 1 atom stereocenters. The van der Waals surface area contributed by atoms with E-state index in [1.54, 1.807) is 18.1 Å². The van der Waals surface area contributed by atoms with Gasteiger partial charge in [0, 0.05) is 25.3 Å². The van der Waals surface area contributed by atoms with E-state index < -0.39 is 6.04 Å². The lowest BCUT2D eigenvalue weighted by Gasteiger charge is -2.35. The molecule has 2 aromatic carbocycles. The highest BCUT2D eigenvalue weighted by Crippen LogP contribution is 2.28. The van der Waals surface area contributed by atoms with Gasteiger partial charge in [0.2, 0.25) is 5.91 Å². The maximum Gasteiger partial charge on any atom is 0.254 e. The summed E-state index contributed by atoms with van der Waals surface area (Å²) in [4.78, 5) is 26.7. The number of rotatable bonds is 5. The normalized spacial score (nSPS) is 16.8. The lowest BCUT2D eigenvalue weighted by atomic mass is 9.98. The minimum atomic E-state index is -0.636. The van der Waals surface area contributed by atoms with Gasteiger partial charge in [-0.25, -0.2) is 0 Å². The Bertz CT molecular complexity index is 850. The van der Waals surface area contributed by atoms with Crippen LogP contribution in [0.5, 0.6) is 5.75 Å². The number of aliphatic hydroxyl groups excluding tert-OH is 1. The Morgan fingerprint density at radius 1 is 1.30 bits per heavy atom. The lowest BCUT2D eigenvalue weighted by molar-refractivity contribution is -0.128. The van der Waals surface area contributed by atoms with Crippen LogP contribution in [0.2, 0.25) is 0 Å². The fraction of sp³-hybridized carbons (Fsp3) is 0.333. The van der Waals surface area contributed by atoms with Crippen molar-refractivity contribution < 1.29 is 19.4 Å². The molecule has 2 N–H and O–H groups in total. The Hall–Kier alpha value is -2.86. The second-order valence-electron chi connectivity index (χ2n) is 6.58. The molecule has 1 saturated heterocycles. The third-order valence-corrected chi connectivity index (χ3v) is 4.85. The Balaban J connectivity index is 1.90. The van der Waals surface area contributed by atoms with Gasteiger partial charge in [-0.15, -0.1) is 0 Å². The van der Waals surface area contributed by atoms with Crippen molar-refractivity contribution in [1.29, 1.82) is 0 Å². The molecule has 27 heavy (non-hydrogen) atoms. The van der Waals surface area contributed by atoms with Gasteiger partial charge in [0.25, 0.3) is 5.91 Å². The summed E-state index contributed by atoms with van der Waals surface area (Å²) in [6.07, 6.45) is 0.231. The Morgan fingerprint density at radius 3 is 2.81 bits per heavy atom. The monoisotopic (exact) mass is 368 g/mol. The molecule has 0 aromatic heterocycles. The van der Waals surface area contributed by atoms with Gasteiger partial charge >= 0.3 is 0 Å². The Kier molecular flexibility index (Phi) is 5.76. The van der Waals surface area contributed by atoms with E-state index in [1.165, 1.54) is 0 Å². The van der Waals surface area contributed by atoms with Gasteiger partial charge in [-0.1, -0.05) is 18.2 Å². The number of aryl methyl sites for hydroxylation is 1. The first kappa shape index (κ1) is 18.9. The van der Waals surface area contributed by atoms with E-state index in [4.69, 9.17) is 4.74 Å². The summed E-state index contributed by atoms with van der Waals surface area (Å²) >= 11 is 0. The molecule has 2 amide bonds. The van der Waals surface area contributed by atoms with Crippen LogP contribution in [-0.4, -0.2) is 54.7 Å². The summed E-state index contributed by atoms with van der Waals surface area (Å²) in [5.41, 5.74) is 3.53. The van der Waals surface area contributed by atoms with Crippen LogP contribution < -0.4 is 10.1 Å². The van der Waals surface area contributed by atoms with Gasteiger partial charge < -0.3 is 20.1 Å². The highest BCUT2D eigenvalue weighted by Gasteiger charge is 2.33. The molecule has 6 heteroatoms. The van der Waals surface area contributed by atoms with E-state index in [2.05, 4.69) is 5.32 Å². The van der Waals surface area contributed by atoms with Crippen LogP contribution in [-0.2, 0) is 4.79 Å². The van der Waals surface area contributed by atoms with Crippen LogP contribution in [0.3, 0.4) is 0 Å². The number of hydrogen-bond acceptors (Lipinski definition) is 4. The maximum absolute atomic E-state index is 13.0. The number of nitrogens with zero attached hydrogens (tertiary/aromatic N) is 1. The average Bonchev–Trinajstić information content (AvgIpc) is 2.69. The zero-order chi connectivity index (χ0) is 19.4. The Morgan fingerprint density at radius 2 is 2.11 bits per heavy atom. The molecular formula is C21H24N2O4. The number of benzene rings is 2. The largest absolute Gasteiger partial charge is 0.497 e. The predicted molar refractivity (Wildman–Crippen MR) is 103 cm³/mol. The number of piperazine rings is 1. The minimum Gasteiger partial charge on any atom is -0.497 e. The van der Waals surface area contributed by atoms with Gasteiger partial charge in [-0.05, 0) is 54.3 Å². The zero-order valence-electron chi connectivity index (χ0n) is 15.6. The molecule has 1 heterocycles. The molecule has 2 aromatic rings. The van der Waals surface area contributed by atoms with Crippen molar-refractivity contribution in [3.8, 4) is 16.9 Å². The number of carbonyl (C=O) groups excluding carboxylic acids is 2. The van der Waals surface area contributed by atoms with Gasteiger partial charge in [-0.2, -0.15) is 0 Å². The molecule has 0 saturated carbocycles. The molecule has 1 fully saturated rings. The van der Waals surface area contributed by atoms with E-state index in [0.717, 1.165) is 22.4 Å². The third-order valence-electron chi connectivity index (χ3n) is 4.85. The fourth-order valence-corrected chi connectivity index (χ4v) is 3.44. The van der Waals surface area contributed by atoms with E-state index >= 15 is 0 Å². The van der Waals surface area contributed by atoms with Crippen molar-refractivity contribution >= 4 is 11.8 Å². The molecule has 6 nitrogen and oxygen atoms in total. The van der Waals surface area contributed by atoms with Gasteiger partial charge in [0.1, 0.15) is 11.8 Å². The molecule has 0 bridgehead atoms. The van der Waals surface area contributed by atoms with E-state index in [9.17, 15) is 14.7 Å². The van der Waals surface area contributed by atoms with Crippen LogP contribution >= 0.6 is 0 Å². The van der Waals surface area contributed by atoms with Crippen molar-refractivity contribution in [1.82, 2.24) is 10.2 Å². The average molecular weight is 368 g/mol. The van der Waals surface area contributed by atoms with Gasteiger partial charge in [-0.3, -0.25) is 9.59 Å². The molecule has 1 aliphatic heterocycles. The quantitative estimate of drug-likeness (QED) is 0.846. The number of methoxy groups -OCH3 is 1. The van der Waals surface area contributed by atoms with Crippen molar-refractivity contribution in [2.24, 2.45) is 0 Å². The molecular weight excluding hydrogens is 344 g/mol. The standard InChI is InChI=1S/C21H24N2O4/c1-14-12-17(27-2)6-7-18(14)15-4-3-5-16(13-15)21(26)23-10-9-22-20(25)19(23)8-11-24/h3-7,12-13,19,24H,8-11H2,1-2H3,(H,22,25). The molecule has 0 aliphatic carbocycles. The summed E-state index contributed by atoms with van der Waals surface area (Å²) in [5.74, 6) is 0.372. The number of carbonyl (C=O) groups is 2. The number of ether oxygens (including phenoxy) is 1. The second kappa shape index (κ2) is 8.22. The van der Waals surface area contributed by atoms with Crippen LogP contribution in [0.15, 0.2) is 42.5 Å². The zero-order valence-corrected chi connectivity index (χ0v) is 15.6. The fourth-order valence-electron chi connectivity index (χ4n) is 3.44. The molecule has 142 valence electrons. The molecule has 1 unspecified atom stereocenters. The van der Waals surface area contributed by atoms with E-state index in [1.807, 2.05) is 43.3 Å². The maximum atomic E-state index is 13.0. The highest BCUT2D eigenvalue weighted by molar-refractivity contribution is 5.99. The number of hydrogen-bond donors (Lipinski definition) is 2. The third kappa shape index (κ3) is 3.95. The number of amides is 2. The van der Waals surface area contributed by atoms with Gasteiger partial charge in [0.15, 0.2) is 0 Å². The molecule has 0 spiro atoms. The highest BCUT2D eigenvalue weighted by atomic mass is 16.5. The SMILES string of the molecule is COc1ccc(-c2cccc(C(=O)N3CCNC(=O)C3CCO)c2)c(C)c1. The number of aliphatic hydroxyl groups is 1. The van der Waals surface area contributed by atoms with Crippen molar-refractivity contribution in [3.05, 3.63) is 53.6 Å². The minimum absolute atomic E-state index is 0.146. The number of nitrogens with one attached hydrogen (secondary N) is 1. The summed E-state index contributed by atoms with van der Waals surface area (Å²) < 4.78 is 5.25. The summed E-state index contributed by atoms with van der Waals surface area (Å²) in [6.45, 7) is 2.70. The molecule has 1 aliphatic rings. The smallest absolute Gasteiger partial charge is 0.254 e. The van der Waals surface area contributed by atoms with Crippen molar-refractivity contribution in [2.75, 3.05) is 26.8 Å². The first-order chi connectivity index (χ1) is 13.0. The summed E-state index contributed by atoms with van der Waals surface area (Å²) in [6, 6.07) is 12.6. The van der Waals surface area contributed by atoms with E-state index in [0.29, 0.717) is 18.7 Å². The van der Waals surface area contributed by atoms with E-state index in [-0.39, 0.29) is 24.8 Å². The topological polar surface area (TPSA) is 78.9 Å². The van der Waals surface area contributed by atoms with Gasteiger partial charge in [0.05, 0.1) is 7.11 Å². The second-order valence-corrected chi connectivity index (χ2v) is 6.58. The van der Waals surface area contributed by atoms with Crippen molar-refractivity contribution in [3.63, 3.8) is 0 Å². The summed E-state index contributed by atoms with van der Waals surface area (Å²) in [5, 5.41) is 12.0. The van der Waals surface area contributed by atoms with Crippen molar-refractivity contribution in [2.45, 2.75) is 19.4 Å². The predicted octanol–water partition coefficient (Wildman–Crippen LogP) is 1.99. The van der Waals surface area contributed by atoms with Crippen LogP contribution in [0.25, 0.3) is 11.1 Å². The Labute approximate surface area is 158 Å². The van der Waals surface area contributed by atoms with Crippen LogP contribution in [0.1, 0.15) is 22.3 Å².